The topological polar surface area (TPSA) is 95.2 Å². The summed E-state index contributed by atoms with van der Waals surface area (Å²) >= 11 is 1.78. The average Bonchev–Trinajstić information content (AvgIpc) is 3.58. The van der Waals surface area contributed by atoms with E-state index in [2.05, 4.69) is 52.3 Å². The number of benzene rings is 2. The number of aromatic amines is 1. The Hall–Kier alpha value is -3.21. The number of H-pyrrole nitrogens is 1. The summed E-state index contributed by atoms with van der Waals surface area (Å²) in [5.41, 5.74) is 10.7. The van der Waals surface area contributed by atoms with E-state index in [9.17, 15) is 13.2 Å². The summed E-state index contributed by atoms with van der Waals surface area (Å²) in [7, 11) is 0. The summed E-state index contributed by atoms with van der Waals surface area (Å²) in [6, 6.07) is 22.0. The second-order valence-corrected chi connectivity index (χ2v) is 9.36. The monoisotopic (exact) mass is 502 g/mol. The number of halogens is 3. The molecule has 0 bridgehead atoms. The molecule has 35 heavy (non-hydrogen) atoms. The van der Waals surface area contributed by atoms with Gasteiger partial charge in [-0.15, -0.1) is 11.3 Å². The Morgan fingerprint density at radius 1 is 1.14 bits per heavy atom. The third kappa shape index (κ3) is 6.08. The highest BCUT2D eigenvalue weighted by molar-refractivity contribution is 7.18. The summed E-state index contributed by atoms with van der Waals surface area (Å²) in [6.45, 7) is 2.89. The van der Waals surface area contributed by atoms with Crippen molar-refractivity contribution in [2.75, 3.05) is 13.1 Å². The highest BCUT2D eigenvalue weighted by atomic mass is 32.1. The molecule has 3 heterocycles. The molecule has 0 saturated carbocycles. The van der Waals surface area contributed by atoms with Gasteiger partial charge in [0.1, 0.15) is 5.82 Å². The number of carbonyl (C=O) groups is 1. The maximum Gasteiger partial charge on any atom is 0.490 e. The Labute approximate surface area is 204 Å². The van der Waals surface area contributed by atoms with E-state index in [-0.39, 0.29) is 0 Å². The van der Waals surface area contributed by atoms with Crippen LogP contribution in [-0.2, 0) is 11.3 Å². The van der Waals surface area contributed by atoms with E-state index in [1.54, 1.807) is 11.3 Å². The van der Waals surface area contributed by atoms with Gasteiger partial charge in [-0.3, -0.25) is 4.90 Å². The van der Waals surface area contributed by atoms with Crippen LogP contribution in [-0.4, -0.2) is 51.3 Å². The van der Waals surface area contributed by atoms with Crippen LogP contribution in [0.1, 0.15) is 18.4 Å². The van der Waals surface area contributed by atoms with Crippen molar-refractivity contribution < 1.29 is 23.1 Å². The first-order valence-corrected chi connectivity index (χ1v) is 11.9. The standard InChI is InChI=1S/C23H24N4S.C2HF3O2/c24-14-18-7-4-12-27(18)15-16-5-3-6-17(13-16)21-10-11-22(28-21)23-25-19-8-1-2-9-20(19)26-23;3-2(4,5)1(6)7/h1-3,5-6,8-11,13,18H,4,7,12,14-15,24H2,(H,25,26);(H,6,7). The number of imidazole rings is 1. The van der Waals surface area contributed by atoms with E-state index in [4.69, 9.17) is 20.6 Å². The molecule has 6 nitrogen and oxygen atoms in total. The summed E-state index contributed by atoms with van der Waals surface area (Å²) in [4.78, 5) is 22.0. The zero-order valence-electron chi connectivity index (χ0n) is 18.8. The molecule has 1 atom stereocenters. The number of aliphatic carboxylic acids is 1. The minimum atomic E-state index is -5.08. The molecule has 2 aromatic heterocycles. The smallest absolute Gasteiger partial charge is 0.475 e. The fourth-order valence-corrected chi connectivity index (χ4v) is 5.06. The molecule has 0 spiro atoms. The van der Waals surface area contributed by atoms with Gasteiger partial charge in [0.2, 0.25) is 0 Å². The first-order chi connectivity index (χ1) is 16.7. The van der Waals surface area contributed by atoms with Gasteiger partial charge in [-0.1, -0.05) is 30.3 Å². The van der Waals surface area contributed by atoms with E-state index >= 15 is 0 Å². The number of hydrogen-bond acceptors (Lipinski definition) is 5. The Bertz CT molecular complexity index is 1270. The molecule has 2 aromatic carbocycles. The average molecular weight is 503 g/mol. The Morgan fingerprint density at radius 3 is 2.60 bits per heavy atom. The molecular weight excluding hydrogens is 477 g/mol. The quantitative estimate of drug-likeness (QED) is 0.334. The van der Waals surface area contributed by atoms with Crippen LogP contribution >= 0.6 is 11.3 Å². The number of likely N-dealkylation sites (tertiary alicyclic amines) is 1. The molecular formula is C25H25F3N4O2S. The van der Waals surface area contributed by atoms with Crippen LogP contribution < -0.4 is 5.73 Å². The normalized spacial score (nSPS) is 16.3. The lowest BCUT2D eigenvalue weighted by atomic mass is 10.1. The number of thiophene rings is 1. The summed E-state index contributed by atoms with van der Waals surface area (Å²) < 4.78 is 31.7. The number of nitrogens with zero attached hydrogens (tertiary/aromatic N) is 2. The van der Waals surface area contributed by atoms with E-state index in [0.717, 1.165) is 36.5 Å². The van der Waals surface area contributed by atoms with Crippen molar-refractivity contribution in [2.24, 2.45) is 5.73 Å². The molecule has 4 aromatic rings. The number of aromatic nitrogens is 2. The minimum absolute atomic E-state index is 0.532. The van der Waals surface area contributed by atoms with Crippen LogP contribution in [0.3, 0.4) is 0 Å². The van der Waals surface area contributed by atoms with Crippen LogP contribution in [0.5, 0.6) is 0 Å². The van der Waals surface area contributed by atoms with Crippen molar-refractivity contribution in [2.45, 2.75) is 31.6 Å². The van der Waals surface area contributed by atoms with Crippen molar-refractivity contribution in [1.82, 2.24) is 14.9 Å². The van der Waals surface area contributed by atoms with Gasteiger partial charge in [-0.25, -0.2) is 9.78 Å². The molecule has 4 N–H and O–H groups in total. The van der Waals surface area contributed by atoms with E-state index in [0.29, 0.717) is 6.04 Å². The van der Waals surface area contributed by atoms with Crippen LogP contribution in [0.2, 0.25) is 0 Å². The maximum atomic E-state index is 10.6. The van der Waals surface area contributed by atoms with Crippen molar-refractivity contribution >= 4 is 28.3 Å². The second-order valence-electron chi connectivity index (χ2n) is 8.27. The third-order valence-corrected chi connectivity index (χ3v) is 6.98. The van der Waals surface area contributed by atoms with Crippen molar-refractivity contribution in [1.29, 1.82) is 0 Å². The van der Waals surface area contributed by atoms with Gasteiger partial charge < -0.3 is 15.8 Å². The Kier molecular flexibility index (Phi) is 7.54. The second kappa shape index (κ2) is 10.6. The Balaban J connectivity index is 0.000000364. The number of carboxylic acids is 1. The van der Waals surface area contributed by atoms with Crippen molar-refractivity contribution in [3.63, 3.8) is 0 Å². The highest BCUT2D eigenvalue weighted by Gasteiger charge is 2.38. The zero-order valence-corrected chi connectivity index (χ0v) is 19.6. The SMILES string of the molecule is NCC1CCCN1Cc1cccc(-c2ccc(-c3nc4ccccc4[nH]3)s2)c1.O=C(O)C(F)(F)F. The molecule has 0 radical (unpaired) electrons. The lowest BCUT2D eigenvalue weighted by Gasteiger charge is -2.23. The number of carboxylic acid groups (broad SMARTS) is 1. The first kappa shape index (κ1) is 24.9. The van der Waals surface area contributed by atoms with Gasteiger partial charge in [-0.2, -0.15) is 13.2 Å². The highest BCUT2D eigenvalue weighted by Crippen LogP contribution is 2.34. The fraction of sp³-hybridized carbons (Fsp3) is 0.280. The van der Waals surface area contributed by atoms with E-state index in [1.165, 1.54) is 33.7 Å². The Morgan fingerprint density at radius 2 is 1.89 bits per heavy atom. The largest absolute Gasteiger partial charge is 0.490 e. The van der Waals surface area contributed by atoms with Gasteiger partial charge >= 0.3 is 12.1 Å². The number of rotatable bonds is 5. The number of alkyl halides is 3. The summed E-state index contributed by atoms with van der Waals surface area (Å²) in [6.07, 6.45) is -2.60. The predicted octanol–water partition coefficient (Wildman–Crippen LogP) is 5.51. The van der Waals surface area contributed by atoms with Gasteiger partial charge in [-0.05, 0) is 60.8 Å². The zero-order chi connectivity index (χ0) is 25.0. The third-order valence-electron chi connectivity index (χ3n) is 5.84. The van der Waals surface area contributed by atoms with Gasteiger partial charge in [0, 0.05) is 24.0 Å². The van der Waals surface area contributed by atoms with Crippen LogP contribution in [0, 0.1) is 0 Å². The van der Waals surface area contributed by atoms with Crippen molar-refractivity contribution in [3.05, 3.63) is 66.2 Å². The molecule has 5 rings (SSSR count). The molecule has 1 unspecified atom stereocenters. The molecule has 0 aliphatic carbocycles. The van der Waals surface area contributed by atoms with Crippen LogP contribution in [0.25, 0.3) is 32.2 Å². The summed E-state index contributed by atoms with van der Waals surface area (Å²) in [5.74, 6) is -1.82. The van der Waals surface area contributed by atoms with Gasteiger partial charge in [0.05, 0.1) is 15.9 Å². The number of para-hydroxylation sites is 2. The van der Waals surface area contributed by atoms with E-state index < -0.39 is 12.1 Å². The number of nitrogens with one attached hydrogen (secondary N) is 1. The molecule has 184 valence electrons. The lowest BCUT2D eigenvalue weighted by Crippen LogP contribution is -2.34. The molecule has 1 fully saturated rings. The molecule has 10 heteroatoms. The van der Waals surface area contributed by atoms with Crippen LogP contribution in [0.15, 0.2) is 60.7 Å². The minimum Gasteiger partial charge on any atom is -0.475 e. The number of hydrogen-bond donors (Lipinski definition) is 3. The number of nitrogens with two attached hydrogens (primary N) is 1. The van der Waals surface area contributed by atoms with Crippen molar-refractivity contribution in [3.8, 4) is 21.1 Å². The molecule has 1 aliphatic rings. The molecule has 1 saturated heterocycles. The lowest BCUT2D eigenvalue weighted by molar-refractivity contribution is -0.192. The van der Waals surface area contributed by atoms with Gasteiger partial charge in [0.15, 0.2) is 0 Å². The fourth-order valence-electron chi connectivity index (χ4n) is 4.12. The van der Waals surface area contributed by atoms with E-state index in [1.807, 2.05) is 18.2 Å². The number of fused-ring (bicyclic) bond motifs is 1. The first-order valence-electron chi connectivity index (χ1n) is 11.1. The molecule has 1 aliphatic heterocycles. The van der Waals surface area contributed by atoms with Crippen LogP contribution in [0.4, 0.5) is 13.2 Å². The maximum absolute atomic E-state index is 10.6. The summed E-state index contributed by atoms with van der Waals surface area (Å²) in [5, 5.41) is 7.12. The molecule has 0 amide bonds. The van der Waals surface area contributed by atoms with Gasteiger partial charge in [0.25, 0.3) is 0 Å². The predicted molar refractivity (Wildman–Crippen MR) is 131 cm³/mol.